The van der Waals surface area contributed by atoms with E-state index >= 15 is 0 Å². The predicted molar refractivity (Wildman–Crippen MR) is 56.6 cm³/mol. The van der Waals surface area contributed by atoms with E-state index in [0.717, 1.165) is 10.2 Å². The molecule has 0 bridgehead atoms. The Morgan fingerprint density at radius 2 is 2.00 bits per heavy atom. The Hall–Kier alpha value is -1.36. The molecule has 1 aromatic heterocycles. The molecule has 1 heterocycles. The summed E-state index contributed by atoms with van der Waals surface area (Å²) in [5, 5.41) is 4.04. The average molecular weight is 254 g/mol. The van der Waals surface area contributed by atoms with E-state index in [-0.39, 0.29) is 5.69 Å². The third-order valence-electron chi connectivity index (χ3n) is 1.80. The van der Waals surface area contributed by atoms with Crippen LogP contribution in [0.4, 0.5) is 0 Å². The van der Waals surface area contributed by atoms with Crippen molar-refractivity contribution in [3.8, 4) is 5.69 Å². The zero-order chi connectivity index (χ0) is 10.1. The third-order valence-corrected chi connectivity index (χ3v) is 2.33. The summed E-state index contributed by atoms with van der Waals surface area (Å²) in [5.74, 6) is 0.609. The van der Waals surface area contributed by atoms with Crippen molar-refractivity contribution in [1.82, 2.24) is 14.8 Å². The second-order valence-corrected chi connectivity index (χ2v) is 3.82. The van der Waals surface area contributed by atoms with Crippen LogP contribution in [0, 0.1) is 6.92 Å². The van der Waals surface area contributed by atoms with E-state index in [2.05, 4.69) is 26.0 Å². The highest BCUT2D eigenvalue weighted by Crippen LogP contribution is 2.11. The van der Waals surface area contributed by atoms with E-state index in [1.807, 2.05) is 24.3 Å². The molecule has 0 saturated carbocycles. The fraction of sp³-hybridized carbons (Fsp3) is 0.111. The number of halogens is 1. The molecule has 0 aliphatic heterocycles. The summed E-state index contributed by atoms with van der Waals surface area (Å²) >= 11 is 3.33. The second-order valence-electron chi connectivity index (χ2n) is 2.90. The average Bonchev–Trinajstić information content (AvgIpc) is 2.47. The van der Waals surface area contributed by atoms with E-state index in [1.54, 1.807) is 6.92 Å². The van der Waals surface area contributed by atoms with Gasteiger partial charge in [-0.15, -0.1) is 0 Å². The van der Waals surface area contributed by atoms with Crippen molar-refractivity contribution in [2.45, 2.75) is 6.92 Å². The number of aromatic amines is 1. The topological polar surface area (TPSA) is 50.7 Å². The maximum Gasteiger partial charge on any atom is 0.348 e. The van der Waals surface area contributed by atoms with Crippen molar-refractivity contribution < 1.29 is 0 Å². The van der Waals surface area contributed by atoms with Gasteiger partial charge < -0.3 is 0 Å². The lowest BCUT2D eigenvalue weighted by Gasteiger charge is -1.98. The molecule has 0 fully saturated rings. The lowest BCUT2D eigenvalue weighted by molar-refractivity contribution is 0.833. The van der Waals surface area contributed by atoms with Crippen molar-refractivity contribution in [2.24, 2.45) is 0 Å². The van der Waals surface area contributed by atoms with Crippen LogP contribution in [0.3, 0.4) is 0 Å². The van der Waals surface area contributed by atoms with E-state index in [1.165, 1.54) is 4.68 Å². The van der Waals surface area contributed by atoms with Crippen LogP contribution in [-0.2, 0) is 0 Å². The maximum atomic E-state index is 11.4. The lowest BCUT2D eigenvalue weighted by Crippen LogP contribution is -2.15. The molecule has 0 amide bonds. The van der Waals surface area contributed by atoms with Crippen molar-refractivity contribution in [2.75, 3.05) is 0 Å². The van der Waals surface area contributed by atoms with Gasteiger partial charge in [0.2, 0.25) is 0 Å². The van der Waals surface area contributed by atoms with Gasteiger partial charge in [-0.3, -0.25) is 4.98 Å². The number of hydrogen-bond donors (Lipinski definition) is 1. The Labute approximate surface area is 88.7 Å². The van der Waals surface area contributed by atoms with Gasteiger partial charge in [0, 0.05) is 4.47 Å². The molecule has 0 aliphatic carbocycles. The van der Waals surface area contributed by atoms with Gasteiger partial charge in [-0.05, 0) is 31.2 Å². The van der Waals surface area contributed by atoms with Crippen molar-refractivity contribution in [1.29, 1.82) is 0 Å². The molecule has 5 heteroatoms. The predicted octanol–water partition coefficient (Wildman–Crippen LogP) is 1.63. The fourth-order valence-electron chi connectivity index (χ4n) is 1.19. The second kappa shape index (κ2) is 3.42. The quantitative estimate of drug-likeness (QED) is 0.840. The van der Waals surface area contributed by atoms with E-state index in [9.17, 15) is 4.79 Å². The number of aromatic nitrogens is 3. The summed E-state index contributed by atoms with van der Waals surface area (Å²) in [5.41, 5.74) is 0.535. The molecule has 0 saturated heterocycles. The number of benzene rings is 1. The normalized spacial score (nSPS) is 10.4. The van der Waals surface area contributed by atoms with Crippen LogP contribution in [0.25, 0.3) is 5.69 Å². The van der Waals surface area contributed by atoms with Crippen LogP contribution < -0.4 is 5.69 Å². The van der Waals surface area contributed by atoms with Gasteiger partial charge in [-0.2, -0.15) is 9.78 Å². The van der Waals surface area contributed by atoms with Crippen LogP contribution in [0.1, 0.15) is 5.82 Å². The molecule has 0 radical (unpaired) electrons. The van der Waals surface area contributed by atoms with Gasteiger partial charge in [0.15, 0.2) is 0 Å². The van der Waals surface area contributed by atoms with Gasteiger partial charge in [0.1, 0.15) is 5.82 Å². The first-order chi connectivity index (χ1) is 6.66. The monoisotopic (exact) mass is 253 g/mol. The Morgan fingerprint density at radius 3 is 2.50 bits per heavy atom. The number of aryl methyl sites for hydroxylation is 1. The Kier molecular flexibility index (Phi) is 2.25. The first-order valence-electron chi connectivity index (χ1n) is 4.09. The highest BCUT2D eigenvalue weighted by atomic mass is 79.9. The Bertz CT molecular complexity index is 498. The summed E-state index contributed by atoms with van der Waals surface area (Å²) in [4.78, 5) is 14.0. The summed E-state index contributed by atoms with van der Waals surface area (Å²) in [6.07, 6.45) is 0. The molecule has 14 heavy (non-hydrogen) atoms. The maximum absolute atomic E-state index is 11.4. The van der Waals surface area contributed by atoms with E-state index < -0.39 is 0 Å². The molecule has 1 N–H and O–H groups in total. The molecule has 72 valence electrons. The zero-order valence-corrected chi connectivity index (χ0v) is 9.08. The molecule has 4 nitrogen and oxygen atoms in total. The number of nitrogens with zero attached hydrogens (tertiary/aromatic N) is 2. The van der Waals surface area contributed by atoms with Crippen molar-refractivity contribution >= 4 is 15.9 Å². The SMILES string of the molecule is Cc1nn(-c2ccc(Br)cc2)c(=O)[nH]1. The first-order valence-corrected chi connectivity index (χ1v) is 4.88. The van der Waals surface area contributed by atoms with Crippen LogP contribution in [0.2, 0.25) is 0 Å². The molecular formula is C9H8BrN3O. The number of rotatable bonds is 1. The lowest BCUT2D eigenvalue weighted by atomic mass is 10.3. The standard InChI is InChI=1S/C9H8BrN3O/c1-6-11-9(14)13(12-6)8-4-2-7(10)3-5-8/h2-5H,1H3,(H,11,12,14). The molecule has 0 aliphatic rings. The molecule has 1 aromatic carbocycles. The van der Waals surface area contributed by atoms with Gasteiger partial charge in [0.25, 0.3) is 0 Å². The van der Waals surface area contributed by atoms with Gasteiger partial charge >= 0.3 is 5.69 Å². The van der Waals surface area contributed by atoms with Crippen molar-refractivity contribution in [3.63, 3.8) is 0 Å². The van der Waals surface area contributed by atoms with E-state index in [0.29, 0.717) is 5.82 Å². The minimum Gasteiger partial charge on any atom is -0.293 e. The Morgan fingerprint density at radius 1 is 1.36 bits per heavy atom. The van der Waals surface area contributed by atoms with Crippen LogP contribution in [0.15, 0.2) is 33.5 Å². The number of H-pyrrole nitrogens is 1. The molecule has 0 atom stereocenters. The smallest absolute Gasteiger partial charge is 0.293 e. The van der Waals surface area contributed by atoms with Gasteiger partial charge in [-0.1, -0.05) is 15.9 Å². The molecular weight excluding hydrogens is 246 g/mol. The zero-order valence-electron chi connectivity index (χ0n) is 7.49. The van der Waals surface area contributed by atoms with Crippen LogP contribution in [0.5, 0.6) is 0 Å². The third kappa shape index (κ3) is 1.63. The van der Waals surface area contributed by atoms with E-state index in [4.69, 9.17) is 0 Å². The minimum absolute atomic E-state index is 0.218. The van der Waals surface area contributed by atoms with Crippen LogP contribution in [-0.4, -0.2) is 14.8 Å². The molecule has 2 rings (SSSR count). The molecule has 0 spiro atoms. The minimum atomic E-state index is -0.218. The first kappa shape index (κ1) is 9.21. The van der Waals surface area contributed by atoms with Gasteiger partial charge in [-0.25, -0.2) is 4.79 Å². The van der Waals surface area contributed by atoms with Gasteiger partial charge in [0.05, 0.1) is 5.69 Å². The fourth-order valence-corrected chi connectivity index (χ4v) is 1.45. The summed E-state index contributed by atoms with van der Waals surface area (Å²) < 4.78 is 2.31. The highest BCUT2D eigenvalue weighted by Gasteiger charge is 2.02. The Balaban J connectivity index is 2.54. The molecule has 2 aromatic rings. The van der Waals surface area contributed by atoms with Crippen molar-refractivity contribution in [3.05, 3.63) is 45.0 Å². The number of hydrogen-bond acceptors (Lipinski definition) is 2. The summed E-state index contributed by atoms with van der Waals surface area (Å²) in [6, 6.07) is 7.38. The largest absolute Gasteiger partial charge is 0.348 e. The highest BCUT2D eigenvalue weighted by molar-refractivity contribution is 9.10. The number of nitrogens with one attached hydrogen (secondary N) is 1. The molecule has 0 unspecified atom stereocenters. The van der Waals surface area contributed by atoms with Crippen LogP contribution >= 0.6 is 15.9 Å². The summed E-state index contributed by atoms with van der Waals surface area (Å²) in [7, 11) is 0. The summed E-state index contributed by atoms with van der Waals surface area (Å²) in [6.45, 7) is 1.75.